The molecule has 1 aliphatic heterocycles. The average molecular weight is 1300 g/mol. The fraction of sp³-hybridized carbons (Fsp3) is 0.350. The zero-order valence-electron chi connectivity index (χ0n) is 48.5. The number of unbranched alkanes of at least 4 members (excludes halogenated alkanes) is 1. The lowest BCUT2D eigenvalue weighted by molar-refractivity contribution is -0.136. The Kier molecular flexibility index (Phi) is 26.6. The molecule has 0 aliphatic carbocycles. The minimum atomic E-state index is -4.44. The third-order valence-electron chi connectivity index (χ3n) is 14.1. The molecule has 0 bridgehead atoms. The summed E-state index contributed by atoms with van der Waals surface area (Å²) in [6.07, 6.45) is -1.91. The summed E-state index contributed by atoms with van der Waals surface area (Å²) in [5.74, 6) is -9.67. The van der Waals surface area contributed by atoms with Crippen LogP contribution in [0.25, 0.3) is 0 Å². The molecule has 9 atom stereocenters. The van der Waals surface area contributed by atoms with Crippen molar-refractivity contribution < 1.29 is 66.9 Å². The van der Waals surface area contributed by atoms with Crippen LogP contribution in [0, 0.1) is 0 Å². The van der Waals surface area contributed by atoms with Gasteiger partial charge in [-0.3, -0.25) is 43.2 Å². The van der Waals surface area contributed by atoms with E-state index in [1.54, 1.807) is 25.2 Å². The Morgan fingerprint density at radius 1 is 0.629 bits per heavy atom. The van der Waals surface area contributed by atoms with Crippen LogP contribution in [0.1, 0.15) is 58.8 Å². The molecule has 2 unspecified atom stereocenters. The maximum atomic E-state index is 15.1. The maximum absolute atomic E-state index is 15.1. The summed E-state index contributed by atoms with van der Waals surface area (Å²) in [7, 11) is -0.970. The number of hydrogen-bond donors (Lipinski definition) is 14. The molecule has 29 heteroatoms. The molecule has 5 aromatic carbocycles. The number of amides is 9. The van der Waals surface area contributed by atoms with Crippen molar-refractivity contribution in [1.82, 2.24) is 47.3 Å². The number of sulfonamides is 1. The number of phenols is 2. The van der Waals surface area contributed by atoms with Gasteiger partial charge in [0.25, 0.3) is 0 Å². The van der Waals surface area contributed by atoms with Crippen LogP contribution in [0.5, 0.6) is 11.5 Å². The van der Waals surface area contributed by atoms with Crippen molar-refractivity contribution in [2.45, 2.75) is 111 Å². The molecule has 6 rings (SSSR count). The highest BCUT2D eigenvalue weighted by atomic mass is 35.5. The normalized spacial score (nSPS) is 20.2. The SMILES string of the molecule is CNCCCC[C@@H]1NC(=O)[C@@H](Cc2ccc(C(N)=O)cc2)NC(=O)[C@H](Cc2ccc(O)cc2)NC(=O)[C@H](NC(=O)[C@H](Cc2ccc(Cl)cc2)NS(=O)(=O)c2ccccc2)CSSC[C@@H](C(=O)N[C@H](Cc2ccc(O)cc2)C(N)=O)NC(=O)C(C(C)O)NC1=O. The summed E-state index contributed by atoms with van der Waals surface area (Å²) in [6.45, 7) is 1.70. The number of aliphatic hydroxyl groups excluding tert-OH is 1. The number of benzene rings is 5. The molecule has 16 N–H and O–H groups in total. The number of aliphatic hydroxyl groups is 1. The summed E-state index contributed by atoms with van der Waals surface area (Å²) in [5, 5.41) is 52.9. The second kappa shape index (κ2) is 33.9. The average Bonchev–Trinajstić information content (AvgIpc) is 3.52. The molecule has 89 heavy (non-hydrogen) atoms. The van der Waals surface area contributed by atoms with Crippen LogP contribution in [0.15, 0.2) is 132 Å². The quantitative estimate of drug-likeness (QED) is 0.0313. The molecule has 0 aromatic heterocycles. The Labute approximate surface area is 527 Å². The smallest absolute Gasteiger partial charge is 0.248 e. The summed E-state index contributed by atoms with van der Waals surface area (Å²) >= 11 is 6.18. The van der Waals surface area contributed by atoms with Crippen molar-refractivity contribution in [2.24, 2.45) is 11.5 Å². The van der Waals surface area contributed by atoms with Crippen LogP contribution >= 0.6 is 33.2 Å². The molecule has 476 valence electrons. The number of phenolic OH excluding ortho intramolecular Hbond substituents is 2. The molecule has 25 nitrogen and oxygen atoms in total. The third kappa shape index (κ3) is 22.1. The minimum absolute atomic E-state index is 0.0449. The van der Waals surface area contributed by atoms with E-state index in [2.05, 4.69) is 47.3 Å². The number of nitrogens with two attached hydrogens (primary N) is 2. The van der Waals surface area contributed by atoms with Crippen molar-refractivity contribution in [2.75, 3.05) is 25.1 Å². The minimum Gasteiger partial charge on any atom is -0.508 e. The van der Waals surface area contributed by atoms with Gasteiger partial charge in [0.15, 0.2) is 0 Å². The zero-order chi connectivity index (χ0) is 64.8. The summed E-state index contributed by atoms with van der Waals surface area (Å²) in [6, 6.07) is 17.8. The van der Waals surface area contributed by atoms with Crippen LogP contribution < -0.4 is 58.7 Å². The van der Waals surface area contributed by atoms with E-state index in [0.29, 0.717) is 46.7 Å². The van der Waals surface area contributed by atoms with Crippen molar-refractivity contribution in [3.63, 3.8) is 0 Å². The van der Waals surface area contributed by atoms with Crippen molar-refractivity contribution in [3.8, 4) is 11.5 Å². The highest BCUT2D eigenvalue weighted by molar-refractivity contribution is 8.76. The fourth-order valence-electron chi connectivity index (χ4n) is 9.12. The van der Waals surface area contributed by atoms with Gasteiger partial charge in [-0.2, -0.15) is 4.72 Å². The second-order valence-electron chi connectivity index (χ2n) is 21.0. The summed E-state index contributed by atoms with van der Waals surface area (Å²) < 4.78 is 30.3. The molecule has 0 saturated carbocycles. The molecule has 0 radical (unpaired) electrons. The Bertz CT molecular complexity index is 3370. The lowest BCUT2D eigenvalue weighted by Gasteiger charge is -2.29. The van der Waals surface area contributed by atoms with Crippen LogP contribution in [-0.4, -0.2) is 156 Å². The summed E-state index contributed by atoms with van der Waals surface area (Å²) in [4.78, 5) is 128. The van der Waals surface area contributed by atoms with Gasteiger partial charge in [-0.1, -0.05) is 99.9 Å². The Hall–Kier alpha value is -8.25. The first-order valence-electron chi connectivity index (χ1n) is 28.1. The number of primary amides is 2. The fourth-order valence-corrected chi connectivity index (χ4v) is 12.8. The Morgan fingerprint density at radius 3 is 1.69 bits per heavy atom. The molecule has 1 aliphatic rings. The molecule has 5 aromatic rings. The zero-order valence-corrected chi connectivity index (χ0v) is 51.7. The van der Waals surface area contributed by atoms with E-state index in [1.807, 2.05) is 0 Å². The van der Waals surface area contributed by atoms with Crippen LogP contribution in [0.4, 0.5) is 0 Å². The number of aromatic hydroxyl groups is 2. The Morgan fingerprint density at radius 2 is 1.13 bits per heavy atom. The van der Waals surface area contributed by atoms with Gasteiger partial charge in [-0.05, 0) is 129 Å². The van der Waals surface area contributed by atoms with Gasteiger partial charge in [0.05, 0.1) is 11.0 Å². The number of nitrogens with one attached hydrogen (secondary N) is 9. The van der Waals surface area contributed by atoms with Crippen molar-refractivity contribution in [3.05, 3.63) is 160 Å². The largest absolute Gasteiger partial charge is 0.508 e. The van der Waals surface area contributed by atoms with Gasteiger partial charge in [0.1, 0.15) is 59.8 Å². The highest BCUT2D eigenvalue weighted by Crippen LogP contribution is 2.25. The number of carbonyl (C=O) groups excluding carboxylic acids is 9. The maximum Gasteiger partial charge on any atom is 0.248 e. The van der Waals surface area contributed by atoms with Gasteiger partial charge in [0, 0.05) is 41.4 Å². The first-order valence-corrected chi connectivity index (χ1v) is 32.5. The molecule has 1 saturated heterocycles. The predicted octanol–water partition coefficient (Wildman–Crippen LogP) is 0.512. The summed E-state index contributed by atoms with van der Waals surface area (Å²) in [5.41, 5.74) is 13.1. The first kappa shape index (κ1) is 69.8. The van der Waals surface area contributed by atoms with E-state index in [-0.39, 0.29) is 59.8 Å². The van der Waals surface area contributed by atoms with Crippen molar-refractivity contribution in [1.29, 1.82) is 0 Å². The monoisotopic (exact) mass is 1300 g/mol. The lowest BCUT2D eigenvalue weighted by atomic mass is 10.00. The lowest BCUT2D eigenvalue weighted by Crippen LogP contribution is -2.62. The van der Waals surface area contributed by atoms with Gasteiger partial charge in [0.2, 0.25) is 63.2 Å². The van der Waals surface area contributed by atoms with E-state index < -0.39 is 123 Å². The van der Waals surface area contributed by atoms with Gasteiger partial charge >= 0.3 is 0 Å². The standard InChI is InChI=1S/C60H72ClN11O14S3/c1-34(73)51-60(84)70-50(58(82)66-45(53(63)77)28-37-15-23-41(74)24-16-37)33-88-87-32-49(69-57(81)48(31-36-13-21-40(61)22-14-36)72-89(85,86)43-8-4-3-5-9-43)59(83)68-47(30-38-17-25-42(75)26-18-38)56(80)67-46(29-35-11-19-39(20-12-35)52(62)76)55(79)65-44(54(78)71-51)10-6-7-27-64-2/h3-5,8-9,11-26,34,44-51,64,72-75H,6-7,10,27-33H2,1-2H3,(H2,62,76)(H2,63,77)(H,65,79)(H,66,82)(H,67,80)(H,68,83)(H,69,81)(H,70,84)(H,71,78)/t34?,44-,45+,46+,47-,48-,49+,50-,51?/m0/s1. The predicted molar refractivity (Wildman–Crippen MR) is 335 cm³/mol. The van der Waals surface area contributed by atoms with Gasteiger partial charge in [-0.15, -0.1) is 0 Å². The second-order valence-corrected chi connectivity index (χ2v) is 25.7. The van der Waals surface area contributed by atoms with Gasteiger partial charge < -0.3 is 69.3 Å². The van der Waals surface area contributed by atoms with E-state index in [1.165, 1.54) is 116 Å². The third-order valence-corrected chi connectivity index (χ3v) is 18.2. The highest BCUT2D eigenvalue weighted by Gasteiger charge is 2.37. The van der Waals surface area contributed by atoms with E-state index in [0.717, 1.165) is 21.6 Å². The molecule has 1 fully saturated rings. The molecular weight excluding hydrogens is 1230 g/mol. The van der Waals surface area contributed by atoms with Crippen LogP contribution in [0.3, 0.4) is 0 Å². The number of halogens is 1. The van der Waals surface area contributed by atoms with E-state index >= 15 is 4.79 Å². The number of carbonyl (C=O) groups is 9. The van der Waals surface area contributed by atoms with E-state index in [4.69, 9.17) is 23.1 Å². The Balaban J connectivity index is 1.45. The van der Waals surface area contributed by atoms with Crippen LogP contribution in [0.2, 0.25) is 5.02 Å². The molecular formula is C60H72ClN11O14S3. The molecule has 9 amide bonds. The van der Waals surface area contributed by atoms with Gasteiger partial charge in [-0.25, -0.2) is 8.42 Å². The van der Waals surface area contributed by atoms with Crippen LogP contribution in [-0.2, 0) is 74.1 Å². The number of rotatable bonds is 23. The van der Waals surface area contributed by atoms with E-state index in [9.17, 15) is 62.1 Å². The first-order chi connectivity index (χ1) is 42.4. The number of hydrogen-bond acceptors (Lipinski definition) is 17. The van der Waals surface area contributed by atoms with Crippen molar-refractivity contribution >= 4 is 96.4 Å². The molecule has 1 heterocycles. The topological polar surface area (TPSA) is 409 Å². The molecule has 0 spiro atoms.